The first-order valence-electron chi connectivity index (χ1n) is 7.96. The van der Waals surface area contributed by atoms with Crippen LogP contribution in [0.4, 0.5) is 0 Å². The molecule has 0 aromatic heterocycles. The van der Waals surface area contributed by atoms with E-state index in [9.17, 15) is 13.2 Å². The lowest BCUT2D eigenvalue weighted by molar-refractivity contribution is -0.128. The zero-order valence-electron chi connectivity index (χ0n) is 13.3. The number of hydrogen-bond donors (Lipinski definition) is 0. The summed E-state index contributed by atoms with van der Waals surface area (Å²) in [6, 6.07) is 9.11. The van der Waals surface area contributed by atoms with Gasteiger partial charge in [0.1, 0.15) is 6.23 Å². The minimum atomic E-state index is -3.82. The average Bonchev–Trinajstić information content (AvgIpc) is 2.92. The fourth-order valence-electron chi connectivity index (χ4n) is 2.46. The highest BCUT2D eigenvalue weighted by atomic mass is 32.2. The van der Waals surface area contributed by atoms with Gasteiger partial charge in [0.2, 0.25) is 5.91 Å². The highest BCUT2D eigenvalue weighted by Gasteiger charge is 2.39. The van der Waals surface area contributed by atoms with E-state index >= 15 is 0 Å². The van der Waals surface area contributed by atoms with Gasteiger partial charge in [-0.2, -0.15) is 0 Å². The van der Waals surface area contributed by atoms with Gasteiger partial charge in [0.15, 0.2) is 0 Å². The first kappa shape index (κ1) is 17.7. The van der Waals surface area contributed by atoms with E-state index < -0.39 is 22.2 Å². The molecular formula is C17H23NO4S. The fraction of sp³-hybridized carbons (Fsp3) is 0.471. The summed E-state index contributed by atoms with van der Waals surface area (Å²) in [5.41, 5.74) is 0.767. The Morgan fingerprint density at radius 3 is 2.70 bits per heavy atom. The molecular weight excluding hydrogens is 314 g/mol. The van der Waals surface area contributed by atoms with Crippen LogP contribution in [0.5, 0.6) is 0 Å². The maximum absolute atomic E-state index is 12.5. The van der Waals surface area contributed by atoms with Crippen molar-refractivity contribution < 1.29 is 17.9 Å². The minimum absolute atomic E-state index is 0.205. The third kappa shape index (κ3) is 4.91. The Bertz CT molecular complexity index is 640. The van der Waals surface area contributed by atoms with E-state index in [1.54, 1.807) is 12.1 Å². The number of benzene rings is 1. The SMILES string of the molecule is CCCCCOC1CCC(=O)N1S(=O)(=O)C=Cc1ccccc1. The number of carbonyl (C=O) groups excluding carboxylic acids is 1. The van der Waals surface area contributed by atoms with Crippen LogP contribution in [0.15, 0.2) is 35.7 Å². The molecule has 1 unspecified atom stereocenters. The van der Waals surface area contributed by atoms with Crippen LogP contribution in [-0.2, 0) is 19.6 Å². The molecule has 1 aliphatic heterocycles. The maximum atomic E-state index is 12.5. The molecule has 1 saturated heterocycles. The summed E-state index contributed by atoms with van der Waals surface area (Å²) in [4.78, 5) is 12.0. The molecule has 1 heterocycles. The number of unbranched alkanes of at least 4 members (excludes halogenated alkanes) is 2. The molecule has 1 fully saturated rings. The second-order valence-electron chi connectivity index (χ2n) is 5.52. The van der Waals surface area contributed by atoms with E-state index in [2.05, 4.69) is 6.92 Å². The van der Waals surface area contributed by atoms with Gasteiger partial charge in [0.25, 0.3) is 10.0 Å². The van der Waals surface area contributed by atoms with Crippen molar-refractivity contribution in [1.29, 1.82) is 0 Å². The van der Waals surface area contributed by atoms with Crippen LogP contribution < -0.4 is 0 Å². The highest BCUT2D eigenvalue weighted by Crippen LogP contribution is 2.25. The van der Waals surface area contributed by atoms with E-state index in [4.69, 9.17) is 4.74 Å². The maximum Gasteiger partial charge on any atom is 0.261 e. The van der Waals surface area contributed by atoms with Crippen LogP contribution in [0.1, 0.15) is 44.6 Å². The Labute approximate surface area is 138 Å². The molecule has 0 N–H and O–H groups in total. The van der Waals surface area contributed by atoms with E-state index in [0.717, 1.165) is 34.5 Å². The van der Waals surface area contributed by atoms with Crippen molar-refractivity contribution in [2.75, 3.05) is 6.61 Å². The largest absolute Gasteiger partial charge is 0.357 e. The van der Waals surface area contributed by atoms with Crippen LogP contribution in [-0.4, -0.2) is 31.5 Å². The normalized spacial score (nSPS) is 18.9. The van der Waals surface area contributed by atoms with E-state index in [0.29, 0.717) is 13.0 Å². The first-order valence-corrected chi connectivity index (χ1v) is 9.47. The van der Waals surface area contributed by atoms with Crippen LogP contribution in [0.3, 0.4) is 0 Å². The topological polar surface area (TPSA) is 63.7 Å². The monoisotopic (exact) mass is 337 g/mol. The molecule has 23 heavy (non-hydrogen) atoms. The molecule has 0 radical (unpaired) electrons. The summed E-state index contributed by atoms with van der Waals surface area (Å²) in [6.45, 7) is 2.56. The van der Waals surface area contributed by atoms with Crippen molar-refractivity contribution in [2.24, 2.45) is 0 Å². The summed E-state index contributed by atoms with van der Waals surface area (Å²) in [5.74, 6) is -0.400. The van der Waals surface area contributed by atoms with E-state index in [1.807, 2.05) is 18.2 Å². The predicted octanol–water partition coefficient (Wildman–Crippen LogP) is 3.14. The average molecular weight is 337 g/mol. The number of rotatable bonds is 8. The Morgan fingerprint density at radius 2 is 2.00 bits per heavy atom. The molecule has 0 aliphatic carbocycles. The van der Waals surface area contributed by atoms with Crippen LogP contribution in [0.2, 0.25) is 0 Å². The Morgan fingerprint density at radius 1 is 1.26 bits per heavy atom. The summed E-state index contributed by atoms with van der Waals surface area (Å²) < 4.78 is 31.4. The van der Waals surface area contributed by atoms with Crippen LogP contribution in [0, 0.1) is 0 Å². The van der Waals surface area contributed by atoms with Gasteiger partial charge < -0.3 is 4.74 Å². The molecule has 1 amide bonds. The molecule has 0 saturated carbocycles. The van der Waals surface area contributed by atoms with Gasteiger partial charge in [-0.25, -0.2) is 12.7 Å². The zero-order valence-corrected chi connectivity index (χ0v) is 14.2. The summed E-state index contributed by atoms with van der Waals surface area (Å²) in [5, 5.41) is 1.08. The third-order valence-electron chi connectivity index (χ3n) is 3.68. The quantitative estimate of drug-likeness (QED) is 0.684. The molecule has 6 heteroatoms. The lowest BCUT2D eigenvalue weighted by Crippen LogP contribution is -2.39. The number of carbonyl (C=O) groups is 1. The molecule has 5 nitrogen and oxygen atoms in total. The van der Waals surface area contributed by atoms with Gasteiger partial charge in [0.05, 0.1) is 5.41 Å². The first-order chi connectivity index (χ1) is 11.0. The number of ether oxygens (including phenoxy) is 1. The van der Waals surface area contributed by atoms with Crippen molar-refractivity contribution in [3.63, 3.8) is 0 Å². The van der Waals surface area contributed by atoms with Gasteiger partial charge in [-0.1, -0.05) is 50.1 Å². The van der Waals surface area contributed by atoms with Crippen molar-refractivity contribution in [3.05, 3.63) is 41.3 Å². The molecule has 0 bridgehead atoms. The summed E-state index contributed by atoms with van der Waals surface area (Å²) in [7, 11) is -3.82. The molecule has 1 atom stereocenters. The van der Waals surface area contributed by atoms with Crippen molar-refractivity contribution in [3.8, 4) is 0 Å². The summed E-state index contributed by atoms with van der Waals surface area (Å²) in [6.07, 6.45) is 4.41. The van der Waals surface area contributed by atoms with Gasteiger partial charge in [-0.05, 0) is 18.1 Å². The zero-order chi connectivity index (χ0) is 16.7. The van der Waals surface area contributed by atoms with Crippen molar-refractivity contribution in [1.82, 2.24) is 4.31 Å². The third-order valence-corrected chi connectivity index (χ3v) is 5.14. The summed E-state index contributed by atoms with van der Waals surface area (Å²) >= 11 is 0. The Kier molecular flexibility index (Phi) is 6.36. The van der Waals surface area contributed by atoms with Crippen LogP contribution in [0.25, 0.3) is 6.08 Å². The second kappa shape index (κ2) is 8.26. The Balaban J connectivity index is 2.06. The highest BCUT2D eigenvalue weighted by molar-refractivity contribution is 7.92. The van der Waals surface area contributed by atoms with E-state index in [-0.39, 0.29) is 6.42 Å². The standard InChI is InChI=1S/C17H23NO4S/c1-2-3-7-13-22-17-11-10-16(19)18(17)23(20,21)14-12-15-8-5-4-6-9-15/h4-6,8-9,12,14,17H,2-3,7,10-11,13H2,1H3. The predicted molar refractivity (Wildman–Crippen MR) is 89.7 cm³/mol. The number of hydrogen-bond acceptors (Lipinski definition) is 4. The second-order valence-corrected chi connectivity index (χ2v) is 7.21. The number of amides is 1. The van der Waals surface area contributed by atoms with Gasteiger partial charge in [-0.3, -0.25) is 4.79 Å². The minimum Gasteiger partial charge on any atom is -0.357 e. The molecule has 0 spiro atoms. The van der Waals surface area contributed by atoms with Gasteiger partial charge >= 0.3 is 0 Å². The number of sulfonamides is 1. The lowest BCUT2D eigenvalue weighted by atomic mass is 10.2. The smallest absolute Gasteiger partial charge is 0.261 e. The molecule has 1 aromatic carbocycles. The molecule has 2 rings (SSSR count). The van der Waals surface area contributed by atoms with Crippen molar-refractivity contribution in [2.45, 2.75) is 45.3 Å². The van der Waals surface area contributed by atoms with Gasteiger partial charge in [-0.15, -0.1) is 0 Å². The van der Waals surface area contributed by atoms with Gasteiger partial charge in [0, 0.05) is 19.4 Å². The lowest BCUT2D eigenvalue weighted by Gasteiger charge is -2.22. The molecule has 1 aromatic rings. The fourth-order valence-corrected chi connectivity index (χ4v) is 3.79. The van der Waals surface area contributed by atoms with Crippen LogP contribution >= 0.6 is 0 Å². The van der Waals surface area contributed by atoms with E-state index in [1.165, 1.54) is 6.08 Å². The number of nitrogens with zero attached hydrogens (tertiary/aromatic N) is 1. The molecule has 126 valence electrons. The molecule has 1 aliphatic rings. The van der Waals surface area contributed by atoms with Crippen molar-refractivity contribution >= 4 is 22.0 Å². The Hall–Kier alpha value is -1.66.